The van der Waals surface area contributed by atoms with E-state index in [0.29, 0.717) is 6.61 Å². The zero-order chi connectivity index (χ0) is 13.7. The summed E-state index contributed by atoms with van der Waals surface area (Å²) in [5, 5.41) is 1.78. The molecule has 1 aliphatic heterocycles. The van der Waals surface area contributed by atoms with Gasteiger partial charge in [0.2, 0.25) is 0 Å². The van der Waals surface area contributed by atoms with Crippen molar-refractivity contribution < 1.29 is 9.53 Å². The van der Waals surface area contributed by atoms with E-state index in [2.05, 4.69) is 6.92 Å². The molecular formula is C15H22N2O2. The average molecular weight is 262 g/mol. The van der Waals surface area contributed by atoms with Crippen molar-refractivity contribution >= 4 is 5.97 Å². The lowest BCUT2D eigenvalue weighted by atomic mass is 9.76. The number of esters is 1. The Balaban J connectivity index is 1.94. The van der Waals surface area contributed by atoms with Crippen LogP contribution in [-0.2, 0) is 16.1 Å². The van der Waals surface area contributed by atoms with Crippen LogP contribution in [0.1, 0.15) is 31.7 Å². The van der Waals surface area contributed by atoms with Crippen LogP contribution in [0.25, 0.3) is 0 Å². The summed E-state index contributed by atoms with van der Waals surface area (Å²) < 4.78 is 5.50. The normalized spacial score (nSPS) is 19.1. The molecule has 0 amide bonds. The molecule has 104 valence electrons. The number of benzene rings is 1. The van der Waals surface area contributed by atoms with Gasteiger partial charge in [0.15, 0.2) is 0 Å². The van der Waals surface area contributed by atoms with E-state index in [4.69, 9.17) is 10.6 Å². The first-order valence-corrected chi connectivity index (χ1v) is 6.87. The van der Waals surface area contributed by atoms with E-state index in [1.807, 2.05) is 30.3 Å². The Hall–Kier alpha value is -1.39. The van der Waals surface area contributed by atoms with E-state index >= 15 is 0 Å². The van der Waals surface area contributed by atoms with E-state index in [1.54, 1.807) is 5.01 Å². The Morgan fingerprint density at radius 1 is 1.32 bits per heavy atom. The fourth-order valence-corrected chi connectivity index (χ4v) is 2.53. The summed E-state index contributed by atoms with van der Waals surface area (Å²) in [5.41, 5.74) is 0.684. The second kappa shape index (κ2) is 6.17. The maximum Gasteiger partial charge on any atom is 0.312 e. The molecule has 0 saturated carbocycles. The smallest absolute Gasteiger partial charge is 0.312 e. The molecule has 4 heteroatoms. The van der Waals surface area contributed by atoms with Crippen LogP contribution in [-0.4, -0.2) is 24.1 Å². The number of nitrogens with two attached hydrogens (primary N) is 1. The first-order chi connectivity index (χ1) is 9.16. The third-order valence-corrected chi connectivity index (χ3v) is 4.08. The summed E-state index contributed by atoms with van der Waals surface area (Å²) in [6.45, 7) is 3.92. The molecular weight excluding hydrogens is 240 g/mol. The first kappa shape index (κ1) is 14.0. The molecule has 0 unspecified atom stereocenters. The topological polar surface area (TPSA) is 55.6 Å². The summed E-state index contributed by atoms with van der Waals surface area (Å²) in [6, 6.07) is 9.79. The van der Waals surface area contributed by atoms with Crippen LogP contribution >= 0.6 is 0 Å². The summed E-state index contributed by atoms with van der Waals surface area (Å²) in [5.74, 6) is 5.68. The van der Waals surface area contributed by atoms with Crippen molar-refractivity contribution in [3.63, 3.8) is 0 Å². The molecule has 2 N–H and O–H groups in total. The highest BCUT2D eigenvalue weighted by molar-refractivity contribution is 5.77. The molecule has 0 aliphatic carbocycles. The van der Waals surface area contributed by atoms with E-state index in [9.17, 15) is 4.79 Å². The molecule has 1 aromatic carbocycles. The van der Waals surface area contributed by atoms with Gasteiger partial charge in [-0.15, -0.1) is 0 Å². The molecule has 0 aromatic heterocycles. The predicted molar refractivity (Wildman–Crippen MR) is 74.0 cm³/mol. The average Bonchev–Trinajstić information content (AvgIpc) is 2.47. The minimum atomic E-state index is -0.343. The Kier molecular flexibility index (Phi) is 4.56. The maximum atomic E-state index is 12.3. The third-order valence-electron chi connectivity index (χ3n) is 4.08. The van der Waals surface area contributed by atoms with Gasteiger partial charge in [-0.3, -0.25) is 10.6 Å². The Bertz CT molecular complexity index is 411. The summed E-state index contributed by atoms with van der Waals surface area (Å²) in [7, 11) is 0. The van der Waals surface area contributed by atoms with Gasteiger partial charge in [-0.05, 0) is 24.8 Å². The standard InChI is InChI=1S/C15H22N2O2/c1-2-15(8-10-17(16)11-9-15)14(18)19-12-13-6-4-3-5-7-13/h3-7H,2,8-12,16H2,1H3. The summed E-state index contributed by atoms with van der Waals surface area (Å²) in [6.07, 6.45) is 2.38. The SMILES string of the molecule is CCC1(C(=O)OCc2ccccc2)CCN(N)CC1. The van der Waals surface area contributed by atoms with Crippen LogP contribution in [0, 0.1) is 5.41 Å². The molecule has 1 saturated heterocycles. The largest absolute Gasteiger partial charge is 0.460 e. The van der Waals surface area contributed by atoms with E-state index < -0.39 is 0 Å². The molecule has 19 heavy (non-hydrogen) atoms. The van der Waals surface area contributed by atoms with Gasteiger partial charge in [0, 0.05) is 13.1 Å². The molecule has 1 heterocycles. The molecule has 0 atom stereocenters. The van der Waals surface area contributed by atoms with Gasteiger partial charge in [0.25, 0.3) is 0 Å². The fourth-order valence-electron chi connectivity index (χ4n) is 2.53. The summed E-state index contributed by atoms with van der Waals surface area (Å²) in [4.78, 5) is 12.3. The maximum absolute atomic E-state index is 12.3. The molecule has 1 aromatic rings. The number of ether oxygens (including phenoxy) is 1. The lowest BCUT2D eigenvalue weighted by Gasteiger charge is -2.37. The number of hydrogen-bond donors (Lipinski definition) is 1. The molecule has 0 spiro atoms. The van der Waals surface area contributed by atoms with E-state index in [1.165, 1.54) is 0 Å². The summed E-state index contributed by atoms with van der Waals surface area (Å²) >= 11 is 0. The number of rotatable bonds is 4. The number of hydrazine groups is 1. The molecule has 0 bridgehead atoms. The van der Waals surface area contributed by atoms with Gasteiger partial charge < -0.3 is 4.74 Å². The van der Waals surface area contributed by atoms with Gasteiger partial charge in [0.1, 0.15) is 6.61 Å². The molecule has 2 rings (SSSR count). The van der Waals surface area contributed by atoms with Crippen molar-refractivity contribution in [2.45, 2.75) is 32.8 Å². The van der Waals surface area contributed by atoms with Crippen molar-refractivity contribution in [1.82, 2.24) is 5.01 Å². The molecule has 1 fully saturated rings. The van der Waals surface area contributed by atoms with Crippen molar-refractivity contribution in [2.75, 3.05) is 13.1 Å². The second-order valence-corrected chi connectivity index (χ2v) is 5.23. The van der Waals surface area contributed by atoms with Crippen molar-refractivity contribution in [3.05, 3.63) is 35.9 Å². The monoisotopic (exact) mass is 262 g/mol. The zero-order valence-corrected chi connectivity index (χ0v) is 11.5. The third kappa shape index (κ3) is 3.33. The number of piperidine rings is 1. The minimum Gasteiger partial charge on any atom is -0.460 e. The van der Waals surface area contributed by atoms with Crippen LogP contribution < -0.4 is 5.84 Å². The number of hydrogen-bond acceptors (Lipinski definition) is 4. The predicted octanol–water partition coefficient (Wildman–Crippen LogP) is 2.10. The fraction of sp³-hybridized carbons (Fsp3) is 0.533. The van der Waals surface area contributed by atoms with E-state index in [0.717, 1.165) is 37.9 Å². The number of carbonyl (C=O) groups is 1. The Morgan fingerprint density at radius 2 is 1.95 bits per heavy atom. The van der Waals surface area contributed by atoms with Crippen molar-refractivity contribution in [2.24, 2.45) is 11.3 Å². The lowest BCUT2D eigenvalue weighted by Crippen LogP contribution is -2.47. The van der Waals surface area contributed by atoms with E-state index in [-0.39, 0.29) is 11.4 Å². The van der Waals surface area contributed by atoms with Crippen LogP contribution in [0.2, 0.25) is 0 Å². The highest BCUT2D eigenvalue weighted by Crippen LogP contribution is 2.35. The molecule has 0 radical (unpaired) electrons. The van der Waals surface area contributed by atoms with Gasteiger partial charge in [-0.1, -0.05) is 37.3 Å². The van der Waals surface area contributed by atoms with Gasteiger partial charge >= 0.3 is 5.97 Å². The van der Waals surface area contributed by atoms with Crippen LogP contribution in [0.5, 0.6) is 0 Å². The molecule has 1 aliphatic rings. The zero-order valence-electron chi connectivity index (χ0n) is 11.5. The number of nitrogens with zero attached hydrogens (tertiary/aromatic N) is 1. The van der Waals surface area contributed by atoms with Gasteiger partial charge in [0.05, 0.1) is 5.41 Å². The van der Waals surface area contributed by atoms with Crippen LogP contribution in [0.15, 0.2) is 30.3 Å². The molecule has 4 nitrogen and oxygen atoms in total. The number of carbonyl (C=O) groups excluding carboxylic acids is 1. The van der Waals surface area contributed by atoms with Crippen molar-refractivity contribution in [3.8, 4) is 0 Å². The van der Waals surface area contributed by atoms with Crippen LogP contribution in [0.4, 0.5) is 0 Å². The second-order valence-electron chi connectivity index (χ2n) is 5.23. The highest BCUT2D eigenvalue weighted by Gasteiger charge is 2.40. The van der Waals surface area contributed by atoms with Crippen LogP contribution in [0.3, 0.4) is 0 Å². The van der Waals surface area contributed by atoms with Crippen molar-refractivity contribution in [1.29, 1.82) is 0 Å². The van der Waals surface area contributed by atoms with Gasteiger partial charge in [-0.2, -0.15) is 0 Å². The lowest BCUT2D eigenvalue weighted by molar-refractivity contribution is -0.161. The Morgan fingerprint density at radius 3 is 2.53 bits per heavy atom. The van der Waals surface area contributed by atoms with Gasteiger partial charge in [-0.25, -0.2) is 5.01 Å². The first-order valence-electron chi connectivity index (χ1n) is 6.87. The Labute approximate surface area is 114 Å². The highest BCUT2D eigenvalue weighted by atomic mass is 16.5. The minimum absolute atomic E-state index is 0.0769. The quantitative estimate of drug-likeness (QED) is 0.667.